The van der Waals surface area contributed by atoms with Crippen LogP contribution in [0.1, 0.15) is 19.5 Å². The van der Waals surface area contributed by atoms with Crippen LogP contribution in [0, 0.1) is 5.92 Å². The van der Waals surface area contributed by atoms with E-state index in [9.17, 15) is 14.4 Å². The number of aryl methyl sites for hydroxylation is 1. The Hall–Kier alpha value is -2.70. The number of hydrogen-bond donors (Lipinski definition) is 2. The second kappa shape index (κ2) is 6.60. The topological polar surface area (TPSA) is 101 Å². The monoisotopic (exact) mass is 317 g/mol. The number of hydrogen-bond acceptors (Lipinski definition) is 4. The number of nitrogens with one attached hydrogen (secondary N) is 1. The van der Waals surface area contributed by atoms with Crippen molar-refractivity contribution < 1.29 is 14.7 Å². The molecule has 122 valence electrons. The molecule has 0 fully saturated rings. The zero-order valence-electron chi connectivity index (χ0n) is 13.2. The summed E-state index contributed by atoms with van der Waals surface area (Å²) in [7, 11) is 1.52. The van der Waals surface area contributed by atoms with Crippen LogP contribution in [-0.2, 0) is 23.1 Å². The van der Waals surface area contributed by atoms with Gasteiger partial charge in [-0.05, 0) is 12.0 Å². The first-order valence-corrected chi connectivity index (χ1v) is 7.28. The second-order valence-corrected chi connectivity index (χ2v) is 5.73. The van der Waals surface area contributed by atoms with Crippen molar-refractivity contribution in [3.63, 3.8) is 0 Å². The van der Waals surface area contributed by atoms with Gasteiger partial charge in [0.15, 0.2) is 0 Å². The molecule has 1 aromatic heterocycles. The zero-order valence-corrected chi connectivity index (χ0v) is 13.2. The van der Waals surface area contributed by atoms with Crippen LogP contribution >= 0.6 is 0 Å². The molecule has 1 aromatic carbocycles. The molecule has 23 heavy (non-hydrogen) atoms. The van der Waals surface area contributed by atoms with Gasteiger partial charge in [0.25, 0.3) is 5.56 Å². The van der Waals surface area contributed by atoms with E-state index in [4.69, 9.17) is 5.11 Å². The van der Waals surface area contributed by atoms with Crippen LogP contribution in [0.3, 0.4) is 0 Å². The number of rotatable bonds is 5. The molecule has 1 heterocycles. The number of nitrogens with zero attached hydrogens (tertiary/aromatic N) is 2. The van der Waals surface area contributed by atoms with Gasteiger partial charge in [0.2, 0.25) is 5.91 Å². The summed E-state index contributed by atoms with van der Waals surface area (Å²) in [6, 6.07) is 5.95. The van der Waals surface area contributed by atoms with Crippen LogP contribution in [0.25, 0.3) is 10.8 Å². The molecule has 2 rings (SSSR count). The molecule has 7 nitrogen and oxygen atoms in total. The smallest absolute Gasteiger partial charge is 0.326 e. The largest absolute Gasteiger partial charge is 0.480 e. The fourth-order valence-electron chi connectivity index (χ4n) is 2.40. The Morgan fingerprint density at radius 2 is 1.87 bits per heavy atom. The number of carboxylic acids is 1. The SMILES string of the molecule is CC(C)[C@@H](NC(=O)Cc1nn(C)c(=O)c2ccccc12)C(=O)O. The molecule has 1 amide bonds. The minimum Gasteiger partial charge on any atom is -0.480 e. The van der Waals surface area contributed by atoms with Crippen molar-refractivity contribution >= 4 is 22.6 Å². The van der Waals surface area contributed by atoms with Gasteiger partial charge in [-0.2, -0.15) is 5.10 Å². The van der Waals surface area contributed by atoms with Crippen molar-refractivity contribution in [2.24, 2.45) is 13.0 Å². The van der Waals surface area contributed by atoms with E-state index in [1.807, 2.05) is 0 Å². The van der Waals surface area contributed by atoms with E-state index in [1.165, 1.54) is 11.7 Å². The average molecular weight is 317 g/mol. The predicted octanol–water partition coefficient (Wildman–Crippen LogP) is 0.701. The number of carboxylic acid groups (broad SMARTS) is 1. The van der Waals surface area contributed by atoms with E-state index in [0.29, 0.717) is 16.5 Å². The van der Waals surface area contributed by atoms with Gasteiger partial charge in [0, 0.05) is 12.4 Å². The normalized spacial score (nSPS) is 12.3. The molecule has 0 spiro atoms. The quantitative estimate of drug-likeness (QED) is 0.845. The lowest BCUT2D eigenvalue weighted by molar-refractivity contribution is -0.143. The molecule has 0 bridgehead atoms. The van der Waals surface area contributed by atoms with Crippen molar-refractivity contribution in [3.05, 3.63) is 40.3 Å². The first-order valence-electron chi connectivity index (χ1n) is 7.28. The summed E-state index contributed by atoms with van der Waals surface area (Å²) < 4.78 is 1.18. The molecule has 0 radical (unpaired) electrons. The maximum absolute atomic E-state index is 12.2. The molecule has 7 heteroatoms. The van der Waals surface area contributed by atoms with Crippen molar-refractivity contribution in [2.45, 2.75) is 26.3 Å². The van der Waals surface area contributed by atoms with E-state index >= 15 is 0 Å². The summed E-state index contributed by atoms with van der Waals surface area (Å²) in [5.41, 5.74) is 0.198. The minimum atomic E-state index is -1.08. The lowest BCUT2D eigenvalue weighted by Gasteiger charge is -2.18. The summed E-state index contributed by atoms with van der Waals surface area (Å²) in [4.78, 5) is 35.4. The molecule has 0 aliphatic rings. The van der Waals surface area contributed by atoms with Crippen molar-refractivity contribution in [1.29, 1.82) is 0 Å². The van der Waals surface area contributed by atoms with Gasteiger partial charge in [-0.1, -0.05) is 32.0 Å². The maximum Gasteiger partial charge on any atom is 0.326 e. The molecule has 2 N–H and O–H groups in total. The van der Waals surface area contributed by atoms with Crippen LogP contribution in [0.2, 0.25) is 0 Å². The van der Waals surface area contributed by atoms with E-state index < -0.39 is 17.9 Å². The summed E-state index contributed by atoms with van der Waals surface area (Å²) in [5.74, 6) is -1.75. The van der Waals surface area contributed by atoms with Crippen molar-refractivity contribution in [1.82, 2.24) is 15.1 Å². The molecule has 0 aliphatic heterocycles. The number of carbonyl (C=O) groups excluding carboxylic acids is 1. The number of fused-ring (bicyclic) bond motifs is 1. The Balaban J connectivity index is 2.32. The number of aliphatic carboxylic acids is 1. The van der Waals surface area contributed by atoms with Gasteiger partial charge in [-0.25, -0.2) is 9.48 Å². The zero-order chi connectivity index (χ0) is 17.1. The third-order valence-electron chi connectivity index (χ3n) is 3.61. The molecule has 0 unspecified atom stereocenters. The highest BCUT2D eigenvalue weighted by Crippen LogP contribution is 2.13. The molecule has 2 aromatic rings. The van der Waals surface area contributed by atoms with Crippen molar-refractivity contribution in [3.8, 4) is 0 Å². The Bertz CT molecular complexity index is 811. The van der Waals surface area contributed by atoms with Crippen LogP contribution in [0.4, 0.5) is 0 Å². The predicted molar refractivity (Wildman–Crippen MR) is 85.1 cm³/mol. The highest BCUT2D eigenvalue weighted by atomic mass is 16.4. The van der Waals surface area contributed by atoms with Gasteiger partial charge in [-0.3, -0.25) is 9.59 Å². The number of aromatic nitrogens is 2. The van der Waals surface area contributed by atoms with Gasteiger partial charge in [0.1, 0.15) is 6.04 Å². The van der Waals surface area contributed by atoms with Gasteiger partial charge >= 0.3 is 5.97 Å². The van der Waals surface area contributed by atoms with Crippen molar-refractivity contribution in [2.75, 3.05) is 0 Å². The Morgan fingerprint density at radius 3 is 2.43 bits per heavy atom. The van der Waals surface area contributed by atoms with Crippen LogP contribution in [-0.4, -0.2) is 32.8 Å². The summed E-state index contributed by atoms with van der Waals surface area (Å²) >= 11 is 0. The third-order valence-corrected chi connectivity index (χ3v) is 3.61. The molecule has 0 saturated heterocycles. The molecule has 1 atom stereocenters. The Labute approximate surface area is 132 Å². The van der Waals surface area contributed by atoms with E-state index in [2.05, 4.69) is 10.4 Å². The van der Waals surface area contributed by atoms with Gasteiger partial charge in [0.05, 0.1) is 17.5 Å². The third kappa shape index (κ3) is 3.56. The molecular weight excluding hydrogens is 298 g/mol. The Morgan fingerprint density at radius 1 is 1.26 bits per heavy atom. The number of amides is 1. The van der Waals surface area contributed by atoms with E-state index in [1.54, 1.807) is 38.1 Å². The molecular formula is C16H19N3O4. The number of carbonyl (C=O) groups is 2. The van der Waals surface area contributed by atoms with Gasteiger partial charge < -0.3 is 10.4 Å². The fraction of sp³-hybridized carbons (Fsp3) is 0.375. The first-order chi connectivity index (χ1) is 10.8. The summed E-state index contributed by atoms with van der Waals surface area (Å²) in [6.07, 6.45) is -0.0921. The lowest BCUT2D eigenvalue weighted by Crippen LogP contribution is -2.45. The van der Waals surface area contributed by atoms with Gasteiger partial charge in [-0.15, -0.1) is 0 Å². The minimum absolute atomic E-state index is 0.0921. The van der Waals surface area contributed by atoms with Crippen LogP contribution < -0.4 is 10.9 Å². The number of benzene rings is 1. The highest BCUT2D eigenvalue weighted by molar-refractivity contribution is 5.90. The fourth-order valence-corrected chi connectivity index (χ4v) is 2.40. The second-order valence-electron chi connectivity index (χ2n) is 5.73. The van der Waals surface area contributed by atoms with E-state index in [0.717, 1.165) is 0 Å². The molecule has 0 aliphatic carbocycles. The molecule has 0 saturated carbocycles. The maximum atomic E-state index is 12.2. The highest BCUT2D eigenvalue weighted by Gasteiger charge is 2.24. The first kappa shape index (κ1) is 16.7. The standard InChI is InChI=1S/C16H19N3O4/c1-9(2)14(16(22)23)17-13(20)8-12-10-6-4-5-7-11(10)15(21)19(3)18-12/h4-7,9,14H,8H2,1-3H3,(H,17,20)(H,22,23)/t14-/m1/s1. The van der Waals surface area contributed by atoms with Crippen LogP contribution in [0.15, 0.2) is 29.1 Å². The van der Waals surface area contributed by atoms with Crippen LogP contribution in [0.5, 0.6) is 0 Å². The van der Waals surface area contributed by atoms with E-state index in [-0.39, 0.29) is 17.9 Å². The summed E-state index contributed by atoms with van der Waals surface area (Å²) in [5, 5.41) is 16.8. The average Bonchev–Trinajstić information content (AvgIpc) is 2.49. The Kier molecular flexibility index (Phi) is 4.78. The summed E-state index contributed by atoms with van der Waals surface area (Å²) in [6.45, 7) is 3.44. The lowest BCUT2D eigenvalue weighted by atomic mass is 10.0.